The molecule has 0 bridgehead atoms. The van der Waals surface area contributed by atoms with E-state index in [-0.39, 0.29) is 4.90 Å². The van der Waals surface area contributed by atoms with Crippen molar-refractivity contribution in [3.63, 3.8) is 0 Å². The zero-order valence-corrected chi connectivity index (χ0v) is 14.6. The van der Waals surface area contributed by atoms with Crippen molar-refractivity contribution in [2.24, 2.45) is 0 Å². The second kappa shape index (κ2) is 5.92. The Morgan fingerprint density at radius 3 is 2.62 bits per heavy atom. The summed E-state index contributed by atoms with van der Waals surface area (Å²) in [4.78, 5) is 0.218. The number of para-hydroxylation sites is 1. The lowest BCUT2D eigenvalue weighted by molar-refractivity contribution is 0.586. The van der Waals surface area contributed by atoms with E-state index in [2.05, 4.69) is 5.32 Å². The fourth-order valence-corrected chi connectivity index (χ4v) is 5.32. The average molecular weight is 361 g/mol. The SMILES string of the molecule is O=S(=O)(c1cccc(Cl)c1)n1c2c(c3ccccc31)CCNCC2. The van der Waals surface area contributed by atoms with Crippen LogP contribution in [0.4, 0.5) is 0 Å². The van der Waals surface area contributed by atoms with Gasteiger partial charge in [0.05, 0.1) is 10.4 Å². The molecule has 0 aliphatic carbocycles. The second-order valence-corrected chi connectivity index (χ2v) is 8.14. The number of nitrogens with one attached hydrogen (secondary N) is 1. The number of hydrogen-bond donors (Lipinski definition) is 1. The molecule has 1 aliphatic rings. The minimum atomic E-state index is -3.70. The third kappa shape index (κ3) is 2.44. The molecule has 2 aromatic carbocycles. The average Bonchev–Trinajstić information content (AvgIpc) is 2.72. The molecule has 1 aromatic heterocycles. The van der Waals surface area contributed by atoms with E-state index in [0.717, 1.165) is 41.7 Å². The van der Waals surface area contributed by atoms with Gasteiger partial charge in [-0.05, 0) is 42.8 Å². The number of rotatable bonds is 2. The molecule has 0 radical (unpaired) electrons. The maximum Gasteiger partial charge on any atom is 0.268 e. The summed E-state index contributed by atoms with van der Waals surface area (Å²) in [5.41, 5.74) is 2.74. The predicted octanol–water partition coefficient (Wildman–Crippen LogP) is 3.22. The van der Waals surface area contributed by atoms with Gasteiger partial charge in [0.15, 0.2) is 0 Å². The number of halogens is 1. The first kappa shape index (κ1) is 15.7. The molecule has 0 unspecified atom stereocenters. The highest BCUT2D eigenvalue weighted by Crippen LogP contribution is 2.32. The first-order chi connectivity index (χ1) is 11.6. The van der Waals surface area contributed by atoms with E-state index in [9.17, 15) is 8.42 Å². The molecule has 3 aromatic rings. The van der Waals surface area contributed by atoms with Gasteiger partial charge >= 0.3 is 0 Å². The second-order valence-electron chi connectivity index (χ2n) is 5.92. The number of aromatic nitrogens is 1. The Morgan fingerprint density at radius 1 is 1.00 bits per heavy atom. The predicted molar refractivity (Wildman–Crippen MR) is 96.3 cm³/mol. The summed E-state index contributed by atoms with van der Waals surface area (Å²) in [6, 6.07) is 14.2. The van der Waals surface area contributed by atoms with Gasteiger partial charge in [0.25, 0.3) is 10.0 Å². The van der Waals surface area contributed by atoms with Gasteiger partial charge in [-0.25, -0.2) is 12.4 Å². The molecule has 0 atom stereocenters. The normalized spacial score (nSPS) is 15.2. The van der Waals surface area contributed by atoms with Crippen molar-refractivity contribution in [2.45, 2.75) is 17.7 Å². The summed E-state index contributed by atoms with van der Waals surface area (Å²) < 4.78 is 28.2. The largest absolute Gasteiger partial charge is 0.316 e. The first-order valence-electron chi connectivity index (χ1n) is 7.92. The van der Waals surface area contributed by atoms with E-state index >= 15 is 0 Å². The van der Waals surface area contributed by atoms with Gasteiger partial charge in [0, 0.05) is 29.1 Å². The topological polar surface area (TPSA) is 51.1 Å². The molecule has 124 valence electrons. The summed E-state index contributed by atoms with van der Waals surface area (Å²) in [6.07, 6.45) is 1.51. The van der Waals surface area contributed by atoms with Crippen LogP contribution in [0.3, 0.4) is 0 Å². The van der Waals surface area contributed by atoms with Crippen LogP contribution in [0.1, 0.15) is 11.3 Å². The van der Waals surface area contributed by atoms with Crippen LogP contribution in [0.2, 0.25) is 5.02 Å². The Hall–Kier alpha value is -1.82. The van der Waals surface area contributed by atoms with E-state index in [1.54, 1.807) is 18.2 Å². The molecule has 0 amide bonds. The van der Waals surface area contributed by atoms with Crippen LogP contribution in [0.15, 0.2) is 53.4 Å². The molecule has 2 heterocycles. The van der Waals surface area contributed by atoms with Crippen LogP contribution in [-0.4, -0.2) is 25.5 Å². The van der Waals surface area contributed by atoms with E-state index in [1.807, 2.05) is 24.3 Å². The van der Waals surface area contributed by atoms with Crippen LogP contribution in [0.5, 0.6) is 0 Å². The highest BCUT2D eigenvalue weighted by Gasteiger charge is 2.27. The number of benzene rings is 2. The van der Waals surface area contributed by atoms with Gasteiger partial charge in [-0.3, -0.25) is 0 Å². The fraction of sp³-hybridized carbons (Fsp3) is 0.222. The monoisotopic (exact) mass is 360 g/mol. The molecule has 6 heteroatoms. The summed E-state index contributed by atoms with van der Waals surface area (Å²) >= 11 is 6.02. The minimum absolute atomic E-state index is 0.218. The maximum atomic E-state index is 13.3. The zero-order chi connectivity index (χ0) is 16.7. The molecule has 1 N–H and O–H groups in total. The van der Waals surface area contributed by atoms with Crippen LogP contribution < -0.4 is 5.32 Å². The zero-order valence-electron chi connectivity index (χ0n) is 13.0. The lowest BCUT2D eigenvalue weighted by Crippen LogP contribution is -2.19. The summed E-state index contributed by atoms with van der Waals surface area (Å²) in [7, 11) is -3.70. The molecule has 0 spiro atoms. The van der Waals surface area contributed by atoms with Crippen LogP contribution in [-0.2, 0) is 22.9 Å². The molecular formula is C18H17ClN2O2S. The van der Waals surface area contributed by atoms with Gasteiger partial charge in [-0.2, -0.15) is 0 Å². The van der Waals surface area contributed by atoms with E-state index in [1.165, 1.54) is 10.0 Å². The maximum absolute atomic E-state index is 13.3. The Kier molecular flexibility index (Phi) is 3.87. The summed E-state index contributed by atoms with van der Waals surface area (Å²) in [5.74, 6) is 0. The van der Waals surface area contributed by atoms with Gasteiger partial charge < -0.3 is 5.32 Å². The summed E-state index contributed by atoms with van der Waals surface area (Å²) in [5, 5.41) is 4.78. The molecular weight excluding hydrogens is 344 g/mol. The quantitative estimate of drug-likeness (QED) is 0.763. The van der Waals surface area contributed by atoms with Crippen molar-refractivity contribution in [1.82, 2.24) is 9.29 Å². The molecule has 0 fully saturated rings. The standard InChI is InChI=1S/C18H17ClN2O2S/c19-13-4-3-5-14(12-13)24(22,23)21-17-7-2-1-6-15(17)16-8-10-20-11-9-18(16)21/h1-7,12,20H,8-11H2. The van der Waals surface area contributed by atoms with Crippen LogP contribution in [0.25, 0.3) is 10.9 Å². The highest BCUT2D eigenvalue weighted by atomic mass is 35.5. The van der Waals surface area contributed by atoms with Crippen molar-refractivity contribution in [3.8, 4) is 0 Å². The summed E-state index contributed by atoms with van der Waals surface area (Å²) in [6.45, 7) is 1.63. The van der Waals surface area contributed by atoms with Crippen LogP contribution in [0, 0.1) is 0 Å². The Balaban J connectivity index is 2.04. The smallest absolute Gasteiger partial charge is 0.268 e. The van der Waals surface area contributed by atoms with Gasteiger partial charge in [0.1, 0.15) is 0 Å². The Bertz CT molecular complexity index is 1020. The van der Waals surface area contributed by atoms with E-state index < -0.39 is 10.0 Å². The van der Waals surface area contributed by atoms with Gasteiger partial charge in [-0.1, -0.05) is 35.9 Å². The van der Waals surface area contributed by atoms with E-state index in [4.69, 9.17) is 11.6 Å². The van der Waals surface area contributed by atoms with Crippen molar-refractivity contribution < 1.29 is 8.42 Å². The molecule has 24 heavy (non-hydrogen) atoms. The lowest BCUT2D eigenvalue weighted by Gasteiger charge is -2.12. The van der Waals surface area contributed by atoms with Crippen LogP contribution >= 0.6 is 11.6 Å². The van der Waals surface area contributed by atoms with Crippen molar-refractivity contribution >= 4 is 32.5 Å². The number of nitrogens with zero attached hydrogens (tertiary/aromatic N) is 1. The molecule has 0 saturated carbocycles. The molecule has 4 rings (SSSR count). The Morgan fingerprint density at radius 2 is 1.79 bits per heavy atom. The number of fused-ring (bicyclic) bond motifs is 3. The van der Waals surface area contributed by atoms with Gasteiger partial charge in [-0.15, -0.1) is 0 Å². The lowest BCUT2D eigenvalue weighted by atomic mass is 10.1. The minimum Gasteiger partial charge on any atom is -0.316 e. The number of hydrogen-bond acceptors (Lipinski definition) is 3. The molecule has 1 aliphatic heterocycles. The van der Waals surface area contributed by atoms with Crippen molar-refractivity contribution in [2.75, 3.05) is 13.1 Å². The molecule has 4 nitrogen and oxygen atoms in total. The first-order valence-corrected chi connectivity index (χ1v) is 9.74. The van der Waals surface area contributed by atoms with E-state index in [0.29, 0.717) is 11.4 Å². The fourth-order valence-electron chi connectivity index (χ4n) is 3.41. The third-order valence-electron chi connectivity index (χ3n) is 4.47. The Labute approximate surface area is 146 Å². The molecule has 0 saturated heterocycles. The van der Waals surface area contributed by atoms with Gasteiger partial charge in [0.2, 0.25) is 0 Å². The third-order valence-corrected chi connectivity index (χ3v) is 6.45. The van der Waals surface area contributed by atoms with Crippen molar-refractivity contribution in [1.29, 1.82) is 0 Å². The highest BCUT2D eigenvalue weighted by molar-refractivity contribution is 7.90. The van der Waals surface area contributed by atoms with Crippen molar-refractivity contribution in [3.05, 3.63) is 64.8 Å².